The van der Waals surface area contributed by atoms with Crippen molar-refractivity contribution in [2.75, 3.05) is 45.9 Å². The molecular formula is C23H44N4O3. The van der Waals surface area contributed by atoms with Gasteiger partial charge in [0.15, 0.2) is 5.96 Å². The first-order valence-corrected chi connectivity index (χ1v) is 11.9. The summed E-state index contributed by atoms with van der Waals surface area (Å²) in [6, 6.07) is 0.255. The number of amides is 1. The third kappa shape index (κ3) is 9.11. The minimum atomic E-state index is -0.452. The second-order valence-corrected chi connectivity index (χ2v) is 9.43. The molecule has 1 N–H and O–H groups in total. The lowest BCUT2D eigenvalue weighted by Gasteiger charge is -2.40. The molecule has 0 spiro atoms. The zero-order chi connectivity index (χ0) is 22.0. The van der Waals surface area contributed by atoms with Crippen LogP contribution in [0.4, 0.5) is 4.79 Å². The van der Waals surface area contributed by atoms with Crippen molar-refractivity contribution >= 4 is 12.1 Å². The maximum atomic E-state index is 12.8. The minimum absolute atomic E-state index is 0.150. The van der Waals surface area contributed by atoms with Crippen LogP contribution in [0.1, 0.15) is 73.1 Å². The Kier molecular flexibility index (Phi) is 10.2. The summed E-state index contributed by atoms with van der Waals surface area (Å²) in [5, 5.41) is 3.43. The number of hydrogen-bond donors (Lipinski definition) is 1. The number of likely N-dealkylation sites (tertiary alicyclic amines) is 1. The Balaban J connectivity index is 1.87. The van der Waals surface area contributed by atoms with E-state index in [0.29, 0.717) is 5.92 Å². The molecular weight excluding hydrogens is 380 g/mol. The summed E-state index contributed by atoms with van der Waals surface area (Å²) >= 11 is 0. The number of carbonyl (C=O) groups is 1. The van der Waals surface area contributed by atoms with Crippen LogP contribution in [-0.4, -0.2) is 79.4 Å². The predicted octanol–water partition coefficient (Wildman–Crippen LogP) is 3.88. The van der Waals surface area contributed by atoms with E-state index in [1.807, 2.05) is 32.6 Å². The van der Waals surface area contributed by atoms with E-state index in [0.717, 1.165) is 77.6 Å². The first-order valence-electron chi connectivity index (χ1n) is 11.9. The highest BCUT2D eigenvalue weighted by molar-refractivity contribution is 5.80. The van der Waals surface area contributed by atoms with Gasteiger partial charge in [-0.25, -0.2) is 4.79 Å². The van der Waals surface area contributed by atoms with Gasteiger partial charge in [0.1, 0.15) is 5.60 Å². The number of ether oxygens (including phenoxy) is 2. The standard InChI is InChI=1S/C23H44N4O3/c1-6-24-21(25-14-8-9-17-29-7-2)26-15-12-20(13-16-26)27(18-19-10-11-19)22(28)30-23(3,4)5/h19-20H,6-18H2,1-5H3,(H,24,25). The van der Waals surface area contributed by atoms with Gasteiger partial charge in [-0.3, -0.25) is 4.99 Å². The first kappa shape index (κ1) is 24.8. The van der Waals surface area contributed by atoms with Crippen LogP contribution < -0.4 is 5.32 Å². The molecule has 2 fully saturated rings. The second-order valence-electron chi connectivity index (χ2n) is 9.43. The third-order valence-corrected chi connectivity index (χ3v) is 5.48. The zero-order valence-corrected chi connectivity index (χ0v) is 19.9. The number of nitrogens with one attached hydrogen (secondary N) is 1. The Morgan fingerprint density at radius 1 is 1.13 bits per heavy atom. The Morgan fingerprint density at radius 2 is 1.83 bits per heavy atom. The van der Waals surface area contributed by atoms with Gasteiger partial charge in [0.25, 0.3) is 0 Å². The van der Waals surface area contributed by atoms with E-state index in [1.165, 1.54) is 12.8 Å². The second kappa shape index (κ2) is 12.4. The third-order valence-electron chi connectivity index (χ3n) is 5.48. The molecule has 2 rings (SSSR count). The Morgan fingerprint density at radius 3 is 2.40 bits per heavy atom. The average Bonchev–Trinajstić information content (AvgIpc) is 3.51. The lowest BCUT2D eigenvalue weighted by Crippen LogP contribution is -2.52. The molecule has 0 radical (unpaired) electrons. The van der Waals surface area contributed by atoms with Crippen molar-refractivity contribution < 1.29 is 14.3 Å². The fourth-order valence-corrected chi connectivity index (χ4v) is 3.73. The van der Waals surface area contributed by atoms with Crippen LogP contribution >= 0.6 is 0 Å². The minimum Gasteiger partial charge on any atom is -0.444 e. The van der Waals surface area contributed by atoms with Gasteiger partial charge in [-0.15, -0.1) is 0 Å². The average molecular weight is 425 g/mol. The number of rotatable bonds is 10. The van der Waals surface area contributed by atoms with Crippen molar-refractivity contribution in [2.24, 2.45) is 10.9 Å². The molecule has 0 unspecified atom stereocenters. The molecule has 30 heavy (non-hydrogen) atoms. The van der Waals surface area contributed by atoms with Crippen molar-refractivity contribution in [3.8, 4) is 0 Å². The normalized spacial score (nSPS) is 18.4. The van der Waals surface area contributed by atoms with E-state index >= 15 is 0 Å². The molecule has 1 aliphatic heterocycles. The SMILES string of the molecule is CCNC(=NCCCCOCC)N1CCC(N(CC2CC2)C(=O)OC(C)(C)C)CC1. The van der Waals surface area contributed by atoms with Crippen molar-refractivity contribution in [1.29, 1.82) is 0 Å². The fourth-order valence-electron chi connectivity index (χ4n) is 3.73. The molecule has 7 nitrogen and oxygen atoms in total. The fraction of sp³-hybridized carbons (Fsp3) is 0.913. The Labute approximate surface area is 183 Å². The molecule has 0 atom stereocenters. The number of unbranched alkanes of at least 4 members (excludes halogenated alkanes) is 1. The quantitative estimate of drug-likeness (QED) is 0.327. The molecule has 0 bridgehead atoms. The molecule has 174 valence electrons. The Hall–Kier alpha value is -1.50. The van der Waals surface area contributed by atoms with Gasteiger partial charge in [0.05, 0.1) is 0 Å². The molecule has 7 heteroatoms. The van der Waals surface area contributed by atoms with Gasteiger partial charge in [0, 0.05) is 52.0 Å². The molecule has 1 saturated carbocycles. The molecule has 0 aromatic rings. The number of carbonyl (C=O) groups excluding carboxylic acids is 1. The monoisotopic (exact) mass is 424 g/mol. The molecule has 1 heterocycles. The number of nitrogens with zero attached hydrogens (tertiary/aromatic N) is 3. The largest absolute Gasteiger partial charge is 0.444 e. The summed E-state index contributed by atoms with van der Waals surface area (Å²) < 4.78 is 11.1. The van der Waals surface area contributed by atoms with E-state index in [9.17, 15) is 4.79 Å². The topological polar surface area (TPSA) is 66.4 Å². The Bertz CT molecular complexity index is 535. The number of aliphatic imine (C=N–C) groups is 1. The molecule has 1 amide bonds. The maximum Gasteiger partial charge on any atom is 0.410 e. The summed E-state index contributed by atoms with van der Waals surface area (Å²) in [6.07, 6.45) is 6.32. The molecule has 1 saturated heterocycles. The van der Waals surface area contributed by atoms with Crippen LogP contribution in [0.2, 0.25) is 0 Å². The number of guanidine groups is 1. The summed E-state index contributed by atoms with van der Waals surface area (Å²) in [7, 11) is 0. The molecule has 2 aliphatic rings. The van der Waals surface area contributed by atoms with Gasteiger partial charge in [-0.2, -0.15) is 0 Å². The van der Waals surface area contributed by atoms with Gasteiger partial charge < -0.3 is 24.6 Å². The van der Waals surface area contributed by atoms with Crippen molar-refractivity contribution in [3.05, 3.63) is 0 Å². The van der Waals surface area contributed by atoms with E-state index in [2.05, 4.69) is 17.1 Å². The highest BCUT2D eigenvalue weighted by Crippen LogP contribution is 2.32. The lowest BCUT2D eigenvalue weighted by molar-refractivity contribution is 0.00928. The van der Waals surface area contributed by atoms with Crippen LogP contribution in [0.5, 0.6) is 0 Å². The summed E-state index contributed by atoms with van der Waals surface area (Å²) in [5.41, 5.74) is -0.452. The first-order chi connectivity index (χ1) is 14.3. The van der Waals surface area contributed by atoms with Crippen LogP contribution in [-0.2, 0) is 9.47 Å². The van der Waals surface area contributed by atoms with Crippen molar-refractivity contribution in [1.82, 2.24) is 15.1 Å². The van der Waals surface area contributed by atoms with Gasteiger partial charge in [0.2, 0.25) is 0 Å². The van der Waals surface area contributed by atoms with Crippen molar-refractivity contribution in [3.63, 3.8) is 0 Å². The highest BCUT2D eigenvalue weighted by Gasteiger charge is 2.35. The maximum absolute atomic E-state index is 12.8. The van der Waals surface area contributed by atoms with Crippen LogP contribution in [0.15, 0.2) is 4.99 Å². The predicted molar refractivity (Wildman–Crippen MR) is 122 cm³/mol. The molecule has 1 aliphatic carbocycles. The van der Waals surface area contributed by atoms with E-state index in [4.69, 9.17) is 14.5 Å². The van der Waals surface area contributed by atoms with Gasteiger partial charge in [-0.05, 0) is 79.1 Å². The molecule has 0 aromatic heterocycles. The lowest BCUT2D eigenvalue weighted by atomic mass is 10.0. The summed E-state index contributed by atoms with van der Waals surface area (Å²) in [6.45, 7) is 15.9. The number of hydrogen-bond acceptors (Lipinski definition) is 4. The van der Waals surface area contributed by atoms with E-state index in [1.54, 1.807) is 0 Å². The molecule has 0 aromatic carbocycles. The van der Waals surface area contributed by atoms with Crippen LogP contribution in [0.3, 0.4) is 0 Å². The smallest absolute Gasteiger partial charge is 0.410 e. The summed E-state index contributed by atoms with van der Waals surface area (Å²) in [4.78, 5) is 22.0. The van der Waals surface area contributed by atoms with E-state index in [-0.39, 0.29) is 12.1 Å². The zero-order valence-electron chi connectivity index (χ0n) is 19.9. The van der Waals surface area contributed by atoms with Crippen molar-refractivity contribution in [2.45, 2.75) is 84.8 Å². The van der Waals surface area contributed by atoms with Gasteiger partial charge in [-0.1, -0.05) is 0 Å². The van der Waals surface area contributed by atoms with Gasteiger partial charge >= 0.3 is 6.09 Å². The highest BCUT2D eigenvalue weighted by atomic mass is 16.6. The summed E-state index contributed by atoms with van der Waals surface area (Å²) in [5.74, 6) is 1.66. The van der Waals surface area contributed by atoms with Crippen LogP contribution in [0, 0.1) is 5.92 Å². The number of piperidine rings is 1. The van der Waals surface area contributed by atoms with E-state index < -0.39 is 5.60 Å². The van der Waals surface area contributed by atoms with Crippen LogP contribution in [0.25, 0.3) is 0 Å².